The van der Waals surface area contributed by atoms with Gasteiger partial charge in [-0.15, -0.1) is 0 Å². The molecule has 204 valence electrons. The SMILES string of the molecule is CC1(CC(N)=O)CCC(n2c(Nc3c(Cl)cc(Cl)cc3Cl)nc3cnc(N[C@@H]4CCOC[C@H]4F)nc32)CC1. The Labute approximate surface area is 234 Å². The van der Waals surface area contributed by atoms with Gasteiger partial charge in [0.05, 0.1) is 34.6 Å². The summed E-state index contributed by atoms with van der Waals surface area (Å²) in [5.41, 5.74) is 6.98. The van der Waals surface area contributed by atoms with E-state index < -0.39 is 12.2 Å². The lowest BCUT2D eigenvalue weighted by Crippen LogP contribution is -2.39. The lowest BCUT2D eigenvalue weighted by molar-refractivity contribution is -0.120. The van der Waals surface area contributed by atoms with Crippen molar-refractivity contribution in [1.82, 2.24) is 19.5 Å². The van der Waals surface area contributed by atoms with Crippen LogP contribution in [0.3, 0.4) is 0 Å². The second-order valence-corrected chi connectivity index (χ2v) is 11.6. The molecule has 13 heteroatoms. The van der Waals surface area contributed by atoms with E-state index in [1.165, 1.54) is 0 Å². The summed E-state index contributed by atoms with van der Waals surface area (Å²) < 4.78 is 21.6. The molecule has 2 aliphatic rings. The second-order valence-electron chi connectivity index (χ2n) is 10.4. The van der Waals surface area contributed by atoms with Crippen molar-refractivity contribution < 1.29 is 13.9 Å². The molecule has 1 aliphatic carbocycles. The Morgan fingerprint density at radius 2 is 1.92 bits per heavy atom. The predicted molar refractivity (Wildman–Crippen MR) is 147 cm³/mol. The average Bonchev–Trinajstić information content (AvgIpc) is 3.20. The third kappa shape index (κ3) is 5.78. The number of hydrogen-bond donors (Lipinski definition) is 3. The Kier molecular flexibility index (Phi) is 7.86. The van der Waals surface area contributed by atoms with Crippen molar-refractivity contribution >= 4 is 69.5 Å². The van der Waals surface area contributed by atoms with Crippen LogP contribution < -0.4 is 16.4 Å². The number of carbonyl (C=O) groups excluding carboxylic acids is 1. The molecule has 38 heavy (non-hydrogen) atoms. The predicted octanol–water partition coefficient (Wildman–Crippen LogP) is 6.07. The van der Waals surface area contributed by atoms with Crippen molar-refractivity contribution in [1.29, 1.82) is 0 Å². The molecular weight excluding hydrogens is 556 g/mol. The van der Waals surface area contributed by atoms with Gasteiger partial charge in [0.15, 0.2) is 5.65 Å². The molecule has 4 N–H and O–H groups in total. The molecule has 3 aromatic rings. The maximum Gasteiger partial charge on any atom is 0.225 e. The van der Waals surface area contributed by atoms with E-state index in [2.05, 4.69) is 22.5 Å². The number of nitrogens with zero attached hydrogens (tertiary/aromatic N) is 4. The van der Waals surface area contributed by atoms with Crippen LogP contribution in [0.4, 0.5) is 22.0 Å². The number of aromatic nitrogens is 4. The summed E-state index contributed by atoms with van der Waals surface area (Å²) in [5.74, 6) is 0.517. The molecule has 9 nitrogen and oxygen atoms in total. The van der Waals surface area contributed by atoms with Crippen molar-refractivity contribution in [3.05, 3.63) is 33.4 Å². The van der Waals surface area contributed by atoms with Gasteiger partial charge in [0.2, 0.25) is 17.8 Å². The van der Waals surface area contributed by atoms with Crippen molar-refractivity contribution in [3.8, 4) is 0 Å². The monoisotopic (exact) mass is 583 g/mol. The molecule has 0 radical (unpaired) electrons. The first-order chi connectivity index (χ1) is 18.1. The summed E-state index contributed by atoms with van der Waals surface area (Å²) in [7, 11) is 0. The number of fused-ring (bicyclic) bond motifs is 1. The Bertz CT molecular complexity index is 1320. The van der Waals surface area contributed by atoms with E-state index in [0.717, 1.165) is 25.7 Å². The van der Waals surface area contributed by atoms with Gasteiger partial charge in [0, 0.05) is 24.1 Å². The highest BCUT2D eigenvalue weighted by molar-refractivity contribution is 6.41. The lowest BCUT2D eigenvalue weighted by Gasteiger charge is -2.37. The van der Waals surface area contributed by atoms with Crippen molar-refractivity contribution in [2.45, 2.75) is 63.7 Å². The third-order valence-electron chi connectivity index (χ3n) is 7.41. The van der Waals surface area contributed by atoms with E-state index in [1.54, 1.807) is 18.3 Å². The normalized spacial score (nSPS) is 25.9. The maximum absolute atomic E-state index is 14.4. The standard InChI is InChI=1S/C25H29Cl3FN7O2/c1-25(10-20(30)37)5-2-14(3-6-25)36-22-19(11-31-23(35-22)32-18-4-7-38-12-17(18)29)33-24(36)34-21-15(27)8-13(26)9-16(21)28/h8-9,11,14,17-18H,2-7,10,12H2,1H3,(H2,30,37)(H,33,34)(H,31,32,35)/t14?,17-,18-,25?/m1/s1. The van der Waals surface area contributed by atoms with Gasteiger partial charge in [-0.3, -0.25) is 9.36 Å². The number of anilines is 3. The van der Waals surface area contributed by atoms with Crippen LogP contribution in [0.5, 0.6) is 0 Å². The molecule has 2 atom stereocenters. The van der Waals surface area contributed by atoms with E-state index >= 15 is 0 Å². The summed E-state index contributed by atoms with van der Waals surface area (Å²) in [6.07, 6.45) is 4.51. The quantitative estimate of drug-likeness (QED) is 0.308. The van der Waals surface area contributed by atoms with E-state index in [4.69, 9.17) is 55.2 Å². The van der Waals surface area contributed by atoms with Gasteiger partial charge in [-0.05, 0) is 49.7 Å². The first-order valence-corrected chi connectivity index (χ1v) is 13.7. The molecule has 3 heterocycles. The van der Waals surface area contributed by atoms with Crippen molar-refractivity contribution in [2.24, 2.45) is 11.1 Å². The molecule has 1 saturated heterocycles. The van der Waals surface area contributed by atoms with Crippen molar-refractivity contribution in [2.75, 3.05) is 23.8 Å². The fraction of sp³-hybridized carbons (Fsp3) is 0.520. The van der Waals surface area contributed by atoms with Gasteiger partial charge in [0.1, 0.15) is 11.7 Å². The second kappa shape index (κ2) is 11.0. The number of amides is 1. The third-order valence-corrected chi connectivity index (χ3v) is 8.22. The Morgan fingerprint density at radius 1 is 1.21 bits per heavy atom. The summed E-state index contributed by atoms with van der Waals surface area (Å²) in [6.45, 7) is 2.61. The Morgan fingerprint density at radius 3 is 2.58 bits per heavy atom. The Balaban J connectivity index is 1.51. The summed E-state index contributed by atoms with van der Waals surface area (Å²) in [6, 6.07) is 2.78. The van der Waals surface area contributed by atoms with Gasteiger partial charge in [-0.1, -0.05) is 41.7 Å². The molecule has 1 saturated carbocycles. The van der Waals surface area contributed by atoms with Gasteiger partial charge < -0.3 is 21.1 Å². The van der Waals surface area contributed by atoms with Crippen LogP contribution >= 0.6 is 34.8 Å². The van der Waals surface area contributed by atoms with Gasteiger partial charge in [-0.2, -0.15) is 4.98 Å². The average molecular weight is 585 g/mol. The molecule has 1 amide bonds. The fourth-order valence-electron chi connectivity index (χ4n) is 5.35. The summed E-state index contributed by atoms with van der Waals surface area (Å²) >= 11 is 19.0. The van der Waals surface area contributed by atoms with Gasteiger partial charge in [0.25, 0.3) is 0 Å². The number of hydrogen-bond acceptors (Lipinski definition) is 7. The molecule has 1 aromatic carbocycles. The number of ether oxygens (including phenoxy) is 1. The molecule has 0 spiro atoms. The molecular formula is C25H29Cl3FN7O2. The molecule has 0 bridgehead atoms. The zero-order valence-electron chi connectivity index (χ0n) is 20.8. The molecule has 5 rings (SSSR count). The van der Waals surface area contributed by atoms with Gasteiger partial charge >= 0.3 is 0 Å². The Hall–Kier alpha value is -2.40. The number of halogens is 4. The van der Waals surface area contributed by atoms with E-state index in [0.29, 0.717) is 63.3 Å². The highest BCUT2D eigenvalue weighted by Gasteiger charge is 2.35. The molecule has 1 aliphatic heterocycles. The minimum atomic E-state index is -1.15. The van der Waals surface area contributed by atoms with E-state index in [-0.39, 0.29) is 24.0 Å². The zero-order chi connectivity index (χ0) is 27.0. The van der Waals surface area contributed by atoms with Crippen LogP contribution in [0.2, 0.25) is 15.1 Å². The maximum atomic E-state index is 14.4. The van der Waals surface area contributed by atoms with E-state index in [1.807, 2.05) is 4.57 Å². The number of benzene rings is 1. The fourth-order valence-corrected chi connectivity index (χ4v) is 6.27. The topological polar surface area (TPSA) is 120 Å². The van der Waals surface area contributed by atoms with E-state index in [9.17, 15) is 9.18 Å². The molecule has 0 unspecified atom stereocenters. The lowest BCUT2D eigenvalue weighted by atomic mass is 9.71. The number of alkyl halides is 1. The first-order valence-electron chi connectivity index (χ1n) is 12.5. The number of nitrogens with two attached hydrogens (primary N) is 1. The number of rotatable bonds is 7. The highest BCUT2D eigenvalue weighted by Crippen LogP contribution is 2.45. The number of carbonyl (C=O) groups is 1. The summed E-state index contributed by atoms with van der Waals surface area (Å²) in [4.78, 5) is 25.5. The first kappa shape index (κ1) is 27.2. The number of imidazole rings is 1. The zero-order valence-corrected chi connectivity index (χ0v) is 23.1. The van der Waals surface area contributed by atoms with Gasteiger partial charge in [-0.25, -0.2) is 14.4 Å². The van der Waals surface area contributed by atoms with Crippen LogP contribution in [0.15, 0.2) is 18.3 Å². The van der Waals surface area contributed by atoms with Crippen LogP contribution in [0.1, 0.15) is 51.5 Å². The smallest absolute Gasteiger partial charge is 0.225 e. The van der Waals surface area contributed by atoms with Crippen LogP contribution in [-0.2, 0) is 9.53 Å². The number of nitrogens with one attached hydrogen (secondary N) is 2. The summed E-state index contributed by atoms with van der Waals surface area (Å²) in [5, 5.41) is 7.51. The largest absolute Gasteiger partial charge is 0.378 e. The van der Waals surface area contributed by atoms with Crippen molar-refractivity contribution in [3.63, 3.8) is 0 Å². The minimum absolute atomic E-state index is 0.0213. The number of primary amides is 1. The minimum Gasteiger partial charge on any atom is -0.378 e. The van der Waals surface area contributed by atoms with Crippen LogP contribution in [-0.4, -0.2) is 50.9 Å². The van der Waals surface area contributed by atoms with Crippen LogP contribution in [0, 0.1) is 5.41 Å². The molecule has 2 fully saturated rings. The highest BCUT2D eigenvalue weighted by atomic mass is 35.5. The molecule has 2 aromatic heterocycles. The van der Waals surface area contributed by atoms with Crippen LogP contribution in [0.25, 0.3) is 11.2 Å².